The molecule has 2 aromatic rings. The van der Waals surface area contributed by atoms with Crippen LogP contribution in [-0.2, 0) is 4.79 Å². The number of hydrogen-bond acceptors (Lipinski definition) is 5. The molecule has 2 rings (SSSR count). The number of rotatable bonds is 6. The number of hydrogen-bond donors (Lipinski definition) is 1. The highest BCUT2D eigenvalue weighted by atomic mass is 32.2. The summed E-state index contributed by atoms with van der Waals surface area (Å²) in [7, 11) is 0. The van der Waals surface area contributed by atoms with Crippen molar-refractivity contribution < 1.29 is 9.59 Å². The van der Waals surface area contributed by atoms with Crippen LogP contribution in [0, 0.1) is 13.8 Å². The Kier molecular flexibility index (Phi) is 6.53. The van der Waals surface area contributed by atoms with Crippen molar-refractivity contribution in [1.82, 2.24) is 9.97 Å². The molecule has 1 amide bonds. The van der Waals surface area contributed by atoms with Crippen LogP contribution in [0.5, 0.6) is 0 Å². The van der Waals surface area contributed by atoms with E-state index < -0.39 is 5.25 Å². The number of anilines is 1. The lowest BCUT2D eigenvalue weighted by Gasteiger charge is -2.17. The third-order valence-electron chi connectivity index (χ3n) is 4.02. The van der Waals surface area contributed by atoms with E-state index in [9.17, 15) is 9.59 Å². The van der Waals surface area contributed by atoms with Crippen LogP contribution in [0.3, 0.4) is 0 Å². The fraction of sp³-hybridized carbons (Fsp3) is 0.400. The van der Waals surface area contributed by atoms with Crippen molar-refractivity contribution in [3.05, 3.63) is 46.9 Å². The second-order valence-electron chi connectivity index (χ2n) is 6.58. The summed E-state index contributed by atoms with van der Waals surface area (Å²) in [6, 6.07) is 7.80. The molecule has 1 heterocycles. The summed E-state index contributed by atoms with van der Waals surface area (Å²) in [6.07, 6.45) is 0. The SMILES string of the molecule is CC(=O)c1c(C)nc(C)nc1S[C@H](C)C(=O)Nc1ccccc1C(C)C. The predicted octanol–water partition coefficient (Wildman–Crippen LogP) is 4.54. The molecule has 0 spiro atoms. The Morgan fingerprint density at radius 1 is 1.08 bits per heavy atom. The molecule has 0 bridgehead atoms. The number of carbonyl (C=O) groups excluding carboxylic acids is 2. The Balaban J connectivity index is 2.22. The fourth-order valence-electron chi connectivity index (χ4n) is 2.74. The Morgan fingerprint density at radius 2 is 1.73 bits per heavy atom. The van der Waals surface area contributed by atoms with Crippen molar-refractivity contribution in [3.63, 3.8) is 0 Å². The topological polar surface area (TPSA) is 72.0 Å². The van der Waals surface area contributed by atoms with E-state index in [-0.39, 0.29) is 11.7 Å². The summed E-state index contributed by atoms with van der Waals surface area (Å²) in [5, 5.41) is 3.16. The van der Waals surface area contributed by atoms with E-state index >= 15 is 0 Å². The summed E-state index contributed by atoms with van der Waals surface area (Å²) < 4.78 is 0. The molecule has 138 valence electrons. The molecule has 5 nitrogen and oxygen atoms in total. The molecule has 6 heteroatoms. The van der Waals surface area contributed by atoms with Crippen LogP contribution in [-0.4, -0.2) is 26.9 Å². The standard InChI is InChI=1S/C20H25N3O2S/c1-11(2)16-9-7-8-10-17(16)23-19(25)14(5)26-20-18(13(4)24)12(3)21-15(6)22-20/h7-11,14H,1-6H3,(H,23,25)/t14-/m1/s1. The average Bonchev–Trinajstić information content (AvgIpc) is 2.53. The Bertz CT molecular complexity index is 834. The molecule has 1 atom stereocenters. The molecule has 1 aromatic carbocycles. The number of nitrogens with one attached hydrogen (secondary N) is 1. The van der Waals surface area contributed by atoms with Crippen LogP contribution in [0.2, 0.25) is 0 Å². The summed E-state index contributed by atoms with van der Waals surface area (Å²) in [4.78, 5) is 33.3. The van der Waals surface area contributed by atoms with Gasteiger partial charge >= 0.3 is 0 Å². The number of amides is 1. The van der Waals surface area contributed by atoms with E-state index in [0.717, 1.165) is 11.3 Å². The normalized spacial score (nSPS) is 12.1. The lowest BCUT2D eigenvalue weighted by atomic mass is 10.0. The van der Waals surface area contributed by atoms with Gasteiger partial charge in [0.05, 0.1) is 16.5 Å². The number of aryl methyl sites for hydroxylation is 2. The van der Waals surface area contributed by atoms with Crippen LogP contribution in [0.1, 0.15) is 61.1 Å². The maximum absolute atomic E-state index is 12.7. The molecular weight excluding hydrogens is 346 g/mol. The van der Waals surface area contributed by atoms with Crippen LogP contribution in [0.4, 0.5) is 5.69 Å². The van der Waals surface area contributed by atoms with Gasteiger partial charge in [0.1, 0.15) is 10.9 Å². The van der Waals surface area contributed by atoms with Gasteiger partial charge in [-0.05, 0) is 45.2 Å². The zero-order valence-corrected chi connectivity index (χ0v) is 16.9. The average molecular weight is 372 g/mol. The van der Waals surface area contributed by atoms with E-state index in [1.54, 1.807) is 13.8 Å². The maximum atomic E-state index is 12.7. The number of aromatic nitrogens is 2. The molecule has 1 N–H and O–H groups in total. The highest BCUT2D eigenvalue weighted by Gasteiger charge is 2.22. The molecule has 0 aliphatic heterocycles. The second-order valence-corrected chi connectivity index (χ2v) is 7.91. The van der Waals surface area contributed by atoms with Gasteiger partial charge in [0.25, 0.3) is 0 Å². The molecule has 0 saturated heterocycles. The lowest BCUT2D eigenvalue weighted by Crippen LogP contribution is -2.24. The van der Waals surface area contributed by atoms with Crippen LogP contribution < -0.4 is 5.32 Å². The Morgan fingerprint density at radius 3 is 2.35 bits per heavy atom. The molecule has 26 heavy (non-hydrogen) atoms. The minimum absolute atomic E-state index is 0.0947. The maximum Gasteiger partial charge on any atom is 0.237 e. The van der Waals surface area contributed by atoms with Gasteiger partial charge in [-0.2, -0.15) is 0 Å². The number of para-hydroxylation sites is 1. The number of nitrogens with zero attached hydrogens (tertiary/aromatic N) is 2. The number of thioether (sulfide) groups is 1. The van der Waals surface area contributed by atoms with Gasteiger partial charge in [0.15, 0.2) is 5.78 Å². The predicted molar refractivity (Wildman–Crippen MR) is 106 cm³/mol. The largest absolute Gasteiger partial charge is 0.325 e. The van der Waals surface area contributed by atoms with Gasteiger partial charge in [-0.15, -0.1) is 0 Å². The number of carbonyl (C=O) groups is 2. The molecule has 0 radical (unpaired) electrons. The summed E-state index contributed by atoms with van der Waals surface area (Å²) in [5.41, 5.74) is 3.05. The minimum atomic E-state index is -0.401. The van der Waals surface area contributed by atoms with Gasteiger partial charge in [0.2, 0.25) is 5.91 Å². The summed E-state index contributed by atoms with van der Waals surface area (Å²) in [6.45, 7) is 11.1. The van der Waals surface area contributed by atoms with Crippen molar-refractivity contribution in [2.75, 3.05) is 5.32 Å². The molecule has 0 aliphatic carbocycles. The van der Waals surface area contributed by atoms with Gasteiger partial charge < -0.3 is 5.32 Å². The lowest BCUT2D eigenvalue weighted by molar-refractivity contribution is -0.115. The van der Waals surface area contributed by atoms with Crippen molar-refractivity contribution in [2.45, 2.75) is 57.7 Å². The van der Waals surface area contributed by atoms with E-state index in [1.807, 2.05) is 31.2 Å². The van der Waals surface area contributed by atoms with Crippen LogP contribution in [0.15, 0.2) is 29.3 Å². The first kappa shape index (κ1) is 20.1. The van der Waals surface area contributed by atoms with Crippen LogP contribution in [0.25, 0.3) is 0 Å². The van der Waals surface area contributed by atoms with E-state index in [1.165, 1.54) is 18.7 Å². The zero-order valence-electron chi connectivity index (χ0n) is 16.1. The molecule has 0 unspecified atom stereocenters. The highest BCUT2D eigenvalue weighted by Crippen LogP contribution is 2.29. The fourth-order valence-corrected chi connectivity index (χ4v) is 3.84. The van der Waals surface area contributed by atoms with Crippen molar-refractivity contribution in [1.29, 1.82) is 0 Å². The van der Waals surface area contributed by atoms with Crippen molar-refractivity contribution in [3.8, 4) is 0 Å². The molecule has 0 saturated carbocycles. The quantitative estimate of drug-likeness (QED) is 0.458. The number of benzene rings is 1. The summed E-state index contributed by atoms with van der Waals surface area (Å²) >= 11 is 1.28. The van der Waals surface area contributed by atoms with E-state index in [0.29, 0.717) is 28.0 Å². The first-order valence-corrected chi connectivity index (χ1v) is 9.51. The molecule has 0 aliphatic rings. The first-order chi connectivity index (χ1) is 12.2. The van der Waals surface area contributed by atoms with E-state index in [4.69, 9.17) is 0 Å². The Labute approximate surface area is 159 Å². The van der Waals surface area contributed by atoms with Gasteiger partial charge in [0, 0.05) is 5.69 Å². The van der Waals surface area contributed by atoms with Crippen LogP contribution >= 0.6 is 11.8 Å². The number of Topliss-reactive ketones (excluding diaryl/α,β-unsaturated/α-hetero) is 1. The molecule has 0 fully saturated rings. The first-order valence-electron chi connectivity index (χ1n) is 8.63. The molecule has 1 aromatic heterocycles. The second kappa shape index (κ2) is 8.45. The smallest absolute Gasteiger partial charge is 0.237 e. The monoisotopic (exact) mass is 371 g/mol. The van der Waals surface area contributed by atoms with E-state index in [2.05, 4.69) is 29.1 Å². The van der Waals surface area contributed by atoms with Crippen molar-refractivity contribution >= 4 is 29.1 Å². The Hall–Kier alpha value is -2.21. The third kappa shape index (κ3) is 4.69. The van der Waals surface area contributed by atoms with Gasteiger partial charge in [-0.1, -0.05) is 43.8 Å². The minimum Gasteiger partial charge on any atom is -0.325 e. The number of ketones is 1. The van der Waals surface area contributed by atoms with Gasteiger partial charge in [-0.3, -0.25) is 9.59 Å². The molecular formula is C20H25N3O2S. The zero-order chi connectivity index (χ0) is 19.4. The third-order valence-corrected chi connectivity index (χ3v) is 5.11. The summed E-state index contributed by atoms with van der Waals surface area (Å²) in [5.74, 6) is 0.688. The highest BCUT2D eigenvalue weighted by molar-refractivity contribution is 8.00. The van der Waals surface area contributed by atoms with Crippen molar-refractivity contribution in [2.24, 2.45) is 0 Å². The van der Waals surface area contributed by atoms with Gasteiger partial charge in [-0.25, -0.2) is 9.97 Å².